The SMILES string of the molecule is Cc1ccsc1CCNC(=O)C[C@H](C)S(=O)(=O)c1ccc2c(c1)NC(=O)[C@@H](C)S2. The number of thioether (sulfide) groups is 1. The predicted molar refractivity (Wildman–Crippen MR) is 117 cm³/mol. The van der Waals surface area contributed by atoms with E-state index >= 15 is 0 Å². The Morgan fingerprint density at radius 2 is 2.07 bits per heavy atom. The minimum absolute atomic E-state index is 0.110. The van der Waals surface area contributed by atoms with Gasteiger partial charge in [0.15, 0.2) is 9.84 Å². The molecule has 2 heterocycles. The summed E-state index contributed by atoms with van der Waals surface area (Å²) in [4.78, 5) is 26.3. The van der Waals surface area contributed by atoms with Gasteiger partial charge in [-0.25, -0.2) is 8.42 Å². The van der Waals surface area contributed by atoms with E-state index in [9.17, 15) is 18.0 Å². The Labute approximate surface area is 179 Å². The number of carbonyl (C=O) groups excluding carboxylic acids is 2. The van der Waals surface area contributed by atoms with Crippen molar-refractivity contribution in [3.8, 4) is 0 Å². The number of hydrogen-bond acceptors (Lipinski definition) is 6. The van der Waals surface area contributed by atoms with Crippen LogP contribution in [0.5, 0.6) is 0 Å². The van der Waals surface area contributed by atoms with Crippen molar-refractivity contribution in [2.24, 2.45) is 0 Å². The highest BCUT2D eigenvalue weighted by atomic mass is 32.2. The molecule has 2 atom stereocenters. The lowest BCUT2D eigenvalue weighted by atomic mass is 10.2. The fourth-order valence-electron chi connectivity index (χ4n) is 3.02. The van der Waals surface area contributed by atoms with Crippen LogP contribution in [0.3, 0.4) is 0 Å². The molecule has 9 heteroatoms. The molecule has 2 N–H and O–H groups in total. The third-order valence-corrected chi connectivity index (χ3v) is 9.25. The van der Waals surface area contributed by atoms with Crippen molar-refractivity contribution in [3.63, 3.8) is 0 Å². The van der Waals surface area contributed by atoms with E-state index in [2.05, 4.69) is 10.6 Å². The number of hydrogen-bond donors (Lipinski definition) is 2. The van der Waals surface area contributed by atoms with Crippen LogP contribution in [0.15, 0.2) is 39.4 Å². The maximum Gasteiger partial charge on any atom is 0.237 e. The van der Waals surface area contributed by atoms with Crippen LogP contribution in [0.4, 0.5) is 5.69 Å². The largest absolute Gasteiger partial charge is 0.356 e. The maximum absolute atomic E-state index is 12.9. The molecular formula is C20H24N2O4S3. The molecule has 1 aromatic carbocycles. The number of carbonyl (C=O) groups is 2. The Kier molecular flexibility index (Phi) is 6.70. The summed E-state index contributed by atoms with van der Waals surface area (Å²) in [5, 5.41) is 6.48. The third-order valence-electron chi connectivity index (χ3n) is 4.86. The van der Waals surface area contributed by atoms with Gasteiger partial charge in [0.25, 0.3) is 0 Å². The zero-order valence-electron chi connectivity index (χ0n) is 16.5. The molecule has 1 aliphatic heterocycles. The highest BCUT2D eigenvalue weighted by Gasteiger charge is 2.29. The molecule has 2 amide bonds. The third kappa shape index (κ3) is 5.02. The fourth-order valence-corrected chi connectivity index (χ4v) is 6.23. The summed E-state index contributed by atoms with van der Waals surface area (Å²) in [7, 11) is -3.69. The van der Waals surface area contributed by atoms with Crippen molar-refractivity contribution in [2.45, 2.75) is 53.9 Å². The normalized spacial score (nSPS) is 17.3. The first-order valence-corrected chi connectivity index (χ1v) is 12.6. The average molecular weight is 453 g/mol. The zero-order valence-corrected chi connectivity index (χ0v) is 19.0. The number of benzene rings is 1. The van der Waals surface area contributed by atoms with Crippen molar-refractivity contribution < 1.29 is 18.0 Å². The van der Waals surface area contributed by atoms with E-state index < -0.39 is 15.1 Å². The number of rotatable bonds is 7. The molecule has 3 rings (SSSR count). The van der Waals surface area contributed by atoms with Crippen LogP contribution in [0.25, 0.3) is 0 Å². The first-order valence-electron chi connectivity index (χ1n) is 9.33. The van der Waals surface area contributed by atoms with Crippen LogP contribution in [0.1, 0.15) is 30.7 Å². The first kappa shape index (κ1) is 21.9. The number of anilines is 1. The van der Waals surface area contributed by atoms with Crippen LogP contribution in [0.2, 0.25) is 0 Å². The summed E-state index contributed by atoms with van der Waals surface area (Å²) in [6, 6.07) is 6.77. The van der Waals surface area contributed by atoms with Crippen molar-refractivity contribution in [1.29, 1.82) is 0 Å². The number of amides is 2. The Morgan fingerprint density at radius 1 is 1.31 bits per heavy atom. The van der Waals surface area contributed by atoms with E-state index in [1.54, 1.807) is 30.4 Å². The van der Waals surface area contributed by atoms with Gasteiger partial charge in [0.05, 0.1) is 21.1 Å². The fraction of sp³-hybridized carbons (Fsp3) is 0.400. The summed E-state index contributed by atoms with van der Waals surface area (Å²) < 4.78 is 25.8. The van der Waals surface area contributed by atoms with Gasteiger partial charge in [-0.2, -0.15) is 0 Å². The summed E-state index contributed by atoms with van der Waals surface area (Å²) in [6.07, 6.45) is 0.623. The second-order valence-electron chi connectivity index (χ2n) is 7.09. The van der Waals surface area contributed by atoms with Crippen LogP contribution in [-0.2, 0) is 25.8 Å². The first-order chi connectivity index (χ1) is 13.7. The molecule has 0 bridgehead atoms. The highest BCUT2D eigenvalue weighted by molar-refractivity contribution is 8.01. The number of nitrogens with one attached hydrogen (secondary N) is 2. The molecule has 0 spiro atoms. The molecule has 1 aliphatic rings. The van der Waals surface area contributed by atoms with Gasteiger partial charge in [-0.3, -0.25) is 9.59 Å². The molecule has 0 saturated carbocycles. The molecule has 29 heavy (non-hydrogen) atoms. The zero-order chi connectivity index (χ0) is 21.2. The topological polar surface area (TPSA) is 92.3 Å². The number of aryl methyl sites for hydroxylation is 1. The maximum atomic E-state index is 12.9. The lowest BCUT2D eigenvalue weighted by Crippen LogP contribution is -2.31. The second kappa shape index (κ2) is 8.89. The van der Waals surface area contributed by atoms with E-state index in [4.69, 9.17) is 0 Å². The highest BCUT2D eigenvalue weighted by Crippen LogP contribution is 2.37. The van der Waals surface area contributed by atoms with E-state index in [1.807, 2.05) is 18.4 Å². The molecule has 156 valence electrons. The summed E-state index contributed by atoms with van der Waals surface area (Å²) in [5.41, 5.74) is 1.70. The minimum atomic E-state index is -3.69. The molecular weight excluding hydrogens is 428 g/mol. The van der Waals surface area contributed by atoms with Crippen LogP contribution < -0.4 is 10.6 Å². The monoisotopic (exact) mass is 452 g/mol. The Morgan fingerprint density at radius 3 is 2.76 bits per heavy atom. The number of fused-ring (bicyclic) bond motifs is 1. The van der Waals surface area contributed by atoms with Crippen molar-refractivity contribution >= 4 is 50.4 Å². The van der Waals surface area contributed by atoms with Gasteiger partial charge in [-0.05, 0) is 62.4 Å². The molecule has 0 fully saturated rings. The van der Waals surface area contributed by atoms with Crippen LogP contribution in [0, 0.1) is 6.92 Å². The molecule has 0 saturated heterocycles. The molecule has 0 radical (unpaired) electrons. The molecule has 6 nitrogen and oxygen atoms in total. The summed E-state index contributed by atoms with van der Waals surface area (Å²) >= 11 is 3.05. The average Bonchev–Trinajstić information content (AvgIpc) is 3.07. The standard InChI is InChI=1S/C20H24N2O4S3/c1-12-7-9-27-17(12)6-8-21-19(23)10-13(2)29(25,26)15-4-5-18-16(11-15)22-20(24)14(3)28-18/h4-5,7,9,11,13-14H,6,8,10H2,1-3H3,(H,21,23)(H,22,24)/t13-,14+/m0/s1. The van der Waals surface area contributed by atoms with Gasteiger partial charge in [-0.1, -0.05) is 0 Å². The lowest BCUT2D eigenvalue weighted by molar-refractivity contribution is -0.121. The molecule has 2 aromatic rings. The molecule has 0 unspecified atom stereocenters. The van der Waals surface area contributed by atoms with Crippen molar-refractivity contribution in [2.75, 3.05) is 11.9 Å². The van der Waals surface area contributed by atoms with Gasteiger partial charge in [-0.15, -0.1) is 23.1 Å². The molecule has 0 aliphatic carbocycles. The van der Waals surface area contributed by atoms with E-state index in [0.29, 0.717) is 12.2 Å². The minimum Gasteiger partial charge on any atom is -0.356 e. The smallest absolute Gasteiger partial charge is 0.237 e. The number of sulfone groups is 1. The predicted octanol–water partition coefficient (Wildman–Crippen LogP) is 3.40. The Balaban J connectivity index is 1.61. The van der Waals surface area contributed by atoms with Crippen LogP contribution >= 0.6 is 23.1 Å². The van der Waals surface area contributed by atoms with E-state index in [-0.39, 0.29) is 28.4 Å². The van der Waals surface area contributed by atoms with Gasteiger partial charge < -0.3 is 10.6 Å². The van der Waals surface area contributed by atoms with E-state index in [1.165, 1.54) is 35.2 Å². The van der Waals surface area contributed by atoms with Crippen molar-refractivity contribution in [1.82, 2.24) is 5.32 Å². The Bertz CT molecular complexity index is 1030. The van der Waals surface area contributed by atoms with E-state index in [0.717, 1.165) is 11.3 Å². The van der Waals surface area contributed by atoms with Gasteiger partial charge in [0.2, 0.25) is 11.8 Å². The van der Waals surface area contributed by atoms with Gasteiger partial charge >= 0.3 is 0 Å². The number of thiophene rings is 1. The summed E-state index contributed by atoms with van der Waals surface area (Å²) in [6.45, 7) is 5.84. The second-order valence-corrected chi connectivity index (χ2v) is 11.8. The molecule has 1 aromatic heterocycles. The lowest BCUT2D eigenvalue weighted by Gasteiger charge is -2.22. The van der Waals surface area contributed by atoms with Crippen molar-refractivity contribution in [3.05, 3.63) is 40.1 Å². The van der Waals surface area contributed by atoms with Gasteiger partial charge in [0, 0.05) is 22.7 Å². The van der Waals surface area contributed by atoms with Crippen LogP contribution in [-0.4, -0.2) is 37.3 Å². The Hall–Kier alpha value is -1.84. The van der Waals surface area contributed by atoms with Gasteiger partial charge in [0.1, 0.15) is 0 Å². The summed E-state index contributed by atoms with van der Waals surface area (Å²) in [5.74, 6) is -0.434. The quantitative estimate of drug-likeness (QED) is 0.672.